The van der Waals surface area contributed by atoms with E-state index in [1.54, 1.807) is 6.07 Å². The van der Waals surface area contributed by atoms with Crippen molar-refractivity contribution >= 4 is 0 Å². The molecule has 2 heterocycles. The maximum absolute atomic E-state index is 12.9. The Kier molecular flexibility index (Phi) is 4.27. The molecule has 0 saturated heterocycles. The van der Waals surface area contributed by atoms with Crippen molar-refractivity contribution in [2.75, 3.05) is 0 Å². The molecule has 1 atom stereocenters. The van der Waals surface area contributed by atoms with E-state index in [1.807, 2.05) is 6.92 Å². The van der Waals surface area contributed by atoms with Gasteiger partial charge in [-0.3, -0.25) is 4.98 Å². The highest BCUT2D eigenvalue weighted by molar-refractivity contribution is 5.57. The molecule has 4 nitrogen and oxygen atoms in total. The minimum Gasteiger partial charge on any atom is -0.344 e. The lowest BCUT2D eigenvalue weighted by molar-refractivity contribution is 0.579. The van der Waals surface area contributed by atoms with E-state index >= 15 is 0 Å². The molecular weight excluding hydrogens is 243 g/mol. The van der Waals surface area contributed by atoms with E-state index in [4.69, 9.17) is 5.73 Å². The van der Waals surface area contributed by atoms with Crippen LogP contribution in [0.25, 0.3) is 11.4 Å². The number of nitrogens with one attached hydrogen (secondary N) is 1. The molecule has 0 spiro atoms. The van der Waals surface area contributed by atoms with E-state index in [0.29, 0.717) is 5.69 Å². The lowest BCUT2D eigenvalue weighted by Crippen LogP contribution is -2.11. The fourth-order valence-electron chi connectivity index (χ4n) is 1.99. The van der Waals surface area contributed by atoms with Gasteiger partial charge in [0.1, 0.15) is 17.3 Å². The van der Waals surface area contributed by atoms with Crippen LogP contribution in [0.5, 0.6) is 0 Å². The van der Waals surface area contributed by atoms with Crippen LogP contribution in [0.1, 0.15) is 43.7 Å². The molecule has 0 bridgehead atoms. The minimum atomic E-state index is -0.350. The van der Waals surface area contributed by atoms with Crippen molar-refractivity contribution in [2.45, 2.75) is 39.2 Å². The van der Waals surface area contributed by atoms with Gasteiger partial charge in [0.25, 0.3) is 0 Å². The molecule has 5 heteroatoms. The highest BCUT2D eigenvalue weighted by Crippen LogP contribution is 2.22. The molecule has 0 aliphatic carbocycles. The van der Waals surface area contributed by atoms with Gasteiger partial charge in [-0.05, 0) is 25.5 Å². The van der Waals surface area contributed by atoms with Crippen LogP contribution < -0.4 is 5.73 Å². The molecule has 1 unspecified atom stereocenters. The maximum atomic E-state index is 12.9. The fraction of sp³-hybridized carbons (Fsp3) is 0.429. The number of aryl methyl sites for hydroxylation is 1. The smallest absolute Gasteiger partial charge is 0.141 e. The van der Waals surface area contributed by atoms with Crippen molar-refractivity contribution in [3.8, 4) is 11.4 Å². The molecular formula is C14H19FN4. The largest absolute Gasteiger partial charge is 0.344 e. The lowest BCUT2D eigenvalue weighted by Gasteiger charge is -2.06. The third-order valence-electron chi connectivity index (χ3n) is 3.09. The fourth-order valence-corrected chi connectivity index (χ4v) is 1.99. The second-order valence-electron chi connectivity index (χ2n) is 4.71. The average Bonchev–Trinajstić information content (AvgIpc) is 2.79. The summed E-state index contributed by atoms with van der Waals surface area (Å²) in [6, 6.07) is 2.92. The average molecular weight is 262 g/mol. The first-order chi connectivity index (χ1) is 9.11. The second kappa shape index (κ2) is 5.93. The number of nitrogens with zero attached hydrogens (tertiary/aromatic N) is 2. The third kappa shape index (κ3) is 3.17. The number of aromatic amines is 1. The molecule has 0 aliphatic rings. The Balaban J connectivity index is 2.23. The molecule has 2 aromatic heterocycles. The number of H-pyrrole nitrogens is 1. The summed E-state index contributed by atoms with van der Waals surface area (Å²) in [7, 11) is 0. The molecule has 2 aromatic rings. The Bertz CT molecular complexity index is 533. The van der Waals surface area contributed by atoms with E-state index in [2.05, 4.69) is 21.9 Å². The van der Waals surface area contributed by atoms with Crippen LogP contribution in [0.3, 0.4) is 0 Å². The van der Waals surface area contributed by atoms with E-state index in [9.17, 15) is 4.39 Å². The highest BCUT2D eigenvalue weighted by atomic mass is 19.1. The van der Waals surface area contributed by atoms with Gasteiger partial charge in [0.2, 0.25) is 0 Å². The SMILES string of the molecule is CCCCC(N)c1nc(-c2ccc(F)cn2)c(C)[nH]1. The van der Waals surface area contributed by atoms with Crippen molar-refractivity contribution in [2.24, 2.45) is 5.73 Å². The molecule has 0 radical (unpaired) electrons. The molecule has 0 aromatic carbocycles. The molecule has 0 amide bonds. The number of aromatic nitrogens is 3. The number of nitrogens with two attached hydrogens (primary N) is 1. The first kappa shape index (κ1) is 13.7. The number of pyridine rings is 1. The minimum absolute atomic E-state index is 0.0900. The normalized spacial score (nSPS) is 12.6. The number of imidazole rings is 1. The Hall–Kier alpha value is -1.75. The van der Waals surface area contributed by atoms with Crippen molar-refractivity contribution in [3.63, 3.8) is 0 Å². The lowest BCUT2D eigenvalue weighted by atomic mass is 10.1. The van der Waals surface area contributed by atoms with Crippen LogP contribution in [-0.4, -0.2) is 15.0 Å². The maximum Gasteiger partial charge on any atom is 0.141 e. The predicted octanol–water partition coefficient (Wildman–Crippen LogP) is 3.11. The van der Waals surface area contributed by atoms with Gasteiger partial charge < -0.3 is 10.7 Å². The van der Waals surface area contributed by atoms with Crippen molar-refractivity contribution in [3.05, 3.63) is 35.7 Å². The number of unbranched alkanes of at least 4 members (excludes halogenated alkanes) is 1. The summed E-state index contributed by atoms with van der Waals surface area (Å²) in [5.74, 6) is 0.420. The Morgan fingerprint density at radius 1 is 1.42 bits per heavy atom. The zero-order chi connectivity index (χ0) is 13.8. The summed E-state index contributed by atoms with van der Waals surface area (Å²) in [6.07, 6.45) is 4.28. The van der Waals surface area contributed by atoms with Gasteiger partial charge in [0.05, 0.1) is 17.9 Å². The molecule has 0 saturated carbocycles. The van der Waals surface area contributed by atoms with Crippen LogP contribution in [0.15, 0.2) is 18.3 Å². The molecule has 19 heavy (non-hydrogen) atoms. The van der Waals surface area contributed by atoms with E-state index in [0.717, 1.165) is 36.5 Å². The molecule has 0 aliphatic heterocycles. The standard InChI is InChI=1S/C14H19FN4/c1-3-4-5-11(16)14-18-9(2)13(19-14)12-7-6-10(15)8-17-12/h6-8,11H,3-5,16H2,1-2H3,(H,18,19). The number of rotatable bonds is 5. The predicted molar refractivity (Wildman–Crippen MR) is 73.0 cm³/mol. The monoisotopic (exact) mass is 262 g/mol. The van der Waals surface area contributed by atoms with E-state index < -0.39 is 0 Å². The summed E-state index contributed by atoms with van der Waals surface area (Å²) in [4.78, 5) is 11.7. The summed E-state index contributed by atoms with van der Waals surface area (Å²) < 4.78 is 12.9. The molecule has 2 rings (SSSR count). The summed E-state index contributed by atoms with van der Waals surface area (Å²) in [5.41, 5.74) is 8.39. The van der Waals surface area contributed by atoms with Crippen molar-refractivity contribution in [1.82, 2.24) is 15.0 Å². The molecule has 102 valence electrons. The van der Waals surface area contributed by atoms with Crippen LogP contribution in [0.4, 0.5) is 4.39 Å². The first-order valence-electron chi connectivity index (χ1n) is 6.55. The first-order valence-corrected chi connectivity index (χ1v) is 6.55. The summed E-state index contributed by atoms with van der Waals surface area (Å²) in [6.45, 7) is 4.05. The van der Waals surface area contributed by atoms with Gasteiger partial charge in [0.15, 0.2) is 0 Å². The zero-order valence-electron chi connectivity index (χ0n) is 11.3. The molecule has 0 fully saturated rings. The van der Waals surface area contributed by atoms with Gasteiger partial charge in [-0.15, -0.1) is 0 Å². The van der Waals surface area contributed by atoms with Crippen LogP contribution in [-0.2, 0) is 0 Å². The second-order valence-corrected chi connectivity index (χ2v) is 4.71. The van der Waals surface area contributed by atoms with Gasteiger partial charge in [-0.2, -0.15) is 0 Å². The van der Waals surface area contributed by atoms with Gasteiger partial charge >= 0.3 is 0 Å². The van der Waals surface area contributed by atoms with Gasteiger partial charge in [-0.25, -0.2) is 9.37 Å². The van der Waals surface area contributed by atoms with Crippen LogP contribution in [0, 0.1) is 12.7 Å². The summed E-state index contributed by atoms with van der Waals surface area (Å²) >= 11 is 0. The Morgan fingerprint density at radius 3 is 2.84 bits per heavy atom. The topological polar surface area (TPSA) is 67.6 Å². The number of hydrogen-bond donors (Lipinski definition) is 2. The zero-order valence-corrected chi connectivity index (χ0v) is 11.3. The van der Waals surface area contributed by atoms with E-state index in [-0.39, 0.29) is 11.9 Å². The third-order valence-corrected chi connectivity index (χ3v) is 3.09. The van der Waals surface area contributed by atoms with Crippen molar-refractivity contribution in [1.29, 1.82) is 0 Å². The van der Waals surface area contributed by atoms with E-state index in [1.165, 1.54) is 12.3 Å². The number of halogens is 1. The van der Waals surface area contributed by atoms with Gasteiger partial charge in [-0.1, -0.05) is 19.8 Å². The molecule has 3 N–H and O–H groups in total. The Morgan fingerprint density at radius 2 is 2.21 bits per heavy atom. The Labute approximate surface area is 112 Å². The quantitative estimate of drug-likeness (QED) is 0.870. The summed E-state index contributed by atoms with van der Waals surface area (Å²) in [5, 5.41) is 0. The van der Waals surface area contributed by atoms with Crippen LogP contribution in [0.2, 0.25) is 0 Å². The number of hydrogen-bond acceptors (Lipinski definition) is 3. The van der Waals surface area contributed by atoms with Crippen molar-refractivity contribution < 1.29 is 4.39 Å². The highest BCUT2D eigenvalue weighted by Gasteiger charge is 2.14. The van der Waals surface area contributed by atoms with Crippen LogP contribution >= 0.6 is 0 Å². The van der Waals surface area contributed by atoms with Gasteiger partial charge in [0, 0.05) is 5.69 Å².